The number of rotatable bonds is 12. The first-order chi connectivity index (χ1) is 19.2. The second kappa shape index (κ2) is 13.3. The number of carboxylic acid groups (broad SMARTS) is 1. The van der Waals surface area contributed by atoms with Gasteiger partial charge < -0.3 is 32.4 Å². The third kappa shape index (κ3) is 6.49. The number of oxime groups is 1. The molecule has 4 heterocycles. The molecule has 15 nitrogen and oxygen atoms in total. The van der Waals surface area contributed by atoms with Crippen molar-refractivity contribution in [2.24, 2.45) is 10.9 Å². The van der Waals surface area contributed by atoms with Crippen molar-refractivity contribution in [1.82, 2.24) is 29.9 Å². The Morgan fingerprint density at radius 2 is 2.12 bits per heavy atom. The fourth-order valence-electron chi connectivity index (χ4n) is 3.66. The van der Waals surface area contributed by atoms with Crippen LogP contribution in [0.15, 0.2) is 39.0 Å². The van der Waals surface area contributed by atoms with E-state index >= 15 is 0 Å². The molecule has 2 aliphatic heterocycles. The molecule has 2 unspecified atom stereocenters. The summed E-state index contributed by atoms with van der Waals surface area (Å²) in [7, 11) is 0. The minimum Gasteiger partial charge on any atom is -0.477 e. The molecule has 4 rings (SSSR count). The molecule has 0 saturated carbocycles. The summed E-state index contributed by atoms with van der Waals surface area (Å²) in [5, 5.41) is 26.8. The number of thioether (sulfide) groups is 3. The van der Waals surface area contributed by atoms with Gasteiger partial charge in [-0.1, -0.05) is 16.9 Å². The highest BCUT2D eigenvalue weighted by Gasteiger charge is 2.54. The fraction of sp³-hybridized carbons (Fsp3) is 0.333. The number of pyridine rings is 1. The Morgan fingerprint density at radius 3 is 2.80 bits per heavy atom. The highest BCUT2D eigenvalue weighted by atomic mass is 32.2. The van der Waals surface area contributed by atoms with Gasteiger partial charge in [-0.2, -0.15) is 21.1 Å². The summed E-state index contributed by atoms with van der Waals surface area (Å²) in [5.41, 5.74) is 10.8. The van der Waals surface area contributed by atoms with E-state index in [1.165, 1.54) is 23.5 Å². The number of amides is 3. The van der Waals surface area contributed by atoms with Gasteiger partial charge in [-0.25, -0.2) is 4.79 Å². The molecule has 1 saturated heterocycles. The van der Waals surface area contributed by atoms with Crippen LogP contribution in [0.25, 0.3) is 0 Å². The fourth-order valence-corrected chi connectivity index (χ4v) is 7.57. The van der Waals surface area contributed by atoms with Gasteiger partial charge in [0, 0.05) is 51.3 Å². The Hall–Kier alpha value is -3.39. The summed E-state index contributed by atoms with van der Waals surface area (Å²) < 4.78 is 3.83. The molecule has 212 valence electrons. The summed E-state index contributed by atoms with van der Waals surface area (Å²) in [6.07, 6.45) is 1.64. The zero-order chi connectivity index (χ0) is 28.8. The van der Waals surface area contributed by atoms with Gasteiger partial charge in [-0.05, 0) is 12.1 Å². The van der Waals surface area contributed by atoms with Crippen LogP contribution in [-0.4, -0.2) is 95.0 Å². The summed E-state index contributed by atoms with van der Waals surface area (Å²) >= 11 is 4.86. The molecule has 2 aliphatic rings. The van der Waals surface area contributed by atoms with Crippen LogP contribution in [0.3, 0.4) is 0 Å². The topological polar surface area (TPSA) is 239 Å². The third-order valence-corrected chi connectivity index (χ3v) is 9.62. The minimum atomic E-state index is -1.28. The maximum Gasteiger partial charge on any atom is 0.353 e. The first kappa shape index (κ1) is 29.6. The molecule has 0 radical (unpaired) electrons. The number of nitrogens with one attached hydrogen (secondary N) is 2. The summed E-state index contributed by atoms with van der Waals surface area (Å²) in [5.74, 6) is -1.80. The van der Waals surface area contributed by atoms with Gasteiger partial charge in [0.1, 0.15) is 17.1 Å². The van der Waals surface area contributed by atoms with Gasteiger partial charge in [0.25, 0.3) is 11.8 Å². The lowest BCUT2D eigenvalue weighted by molar-refractivity contribution is -0.150. The van der Waals surface area contributed by atoms with Gasteiger partial charge in [0.05, 0.1) is 12.2 Å². The number of nitrogen functional groups attached to an aromatic ring is 1. The molecule has 2 atom stereocenters. The Kier molecular flexibility index (Phi) is 9.85. The largest absolute Gasteiger partial charge is 0.477 e. The molecule has 19 heteroatoms. The van der Waals surface area contributed by atoms with Crippen molar-refractivity contribution in [2.75, 3.05) is 30.3 Å². The highest BCUT2D eigenvalue weighted by Crippen LogP contribution is 2.45. The van der Waals surface area contributed by atoms with Gasteiger partial charge in [-0.15, -0.1) is 11.8 Å². The van der Waals surface area contributed by atoms with Crippen molar-refractivity contribution >= 4 is 81.4 Å². The Balaban J connectivity index is 1.44. The maximum atomic E-state index is 13.0. The maximum absolute atomic E-state index is 13.0. The molecular formula is C21H23N9O6S4. The monoisotopic (exact) mass is 625 g/mol. The van der Waals surface area contributed by atoms with E-state index in [9.17, 15) is 29.5 Å². The number of nitrogens with zero attached hydrogens (tertiary/aromatic N) is 5. The Morgan fingerprint density at radius 1 is 1.32 bits per heavy atom. The number of hydrogen-bond acceptors (Lipinski definition) is 15. The lowest BCUT2D eigenvalue weighted by Crippen LogP contribution is -2.71. The molecule has 2 aromatic rings. The number of β-lactam (4-membered cyclic amide) rings is 1. The van der Waals surface area contributed by atoms with Crippen LogP contribution in [0.4, 0.5) is 5.13 Å². The molecule has 1 fully saturated rings. The number of hydrogen-bond donors (Lipinski definition) is 6. The van der Waals surface area contributed by atoms with Gasteiger partial charge in [0.2, 0.25) is 17.4 Å². The Labute approximate surface area is 243 Å². The standard InChI is InChI=1S/C21H23N9O6S4/c22-6-12(31)25-4-5-37-7-9-10(2-1-3-24-9)39-11-8-38-19-14(18(33)30(19)15(11)20(34)35)26-17(32)13(28-36)16-27-21(23)40-29-16/h1-3,14,19,36H,4-8,22H2,(H,25,31)(H,26,32)(H,34,35)(H2,23,27,29)/b28-13-. The molecule has 8 N–H and O–H groups in total. The van der Waals surface area contributed by atoms with Crippen LogP contribution in [0.1, 0.15) is 11.5 Å². The van der Waals surface area contributed by atoms with Crippen molar-refractivity contribution < 1.29 is 29.5 Å². The zero-order valence-corrected chi connectivity index (χ0v) is 23.7. The molecular weight excluding hydrogens is 603 g/mol. The summed E-state index contributed by atoms with van der Waals surface area (Å²) in [6.45, 7) is 0.382. The van der Waals surface area contributed by atoms with Crippen molar-refractivity contribution in [2.45, 2.75) is 22.1 Å². The second-order valence-corrected chi connectivity index (χ2v) is 12.1. The van der Waals surface area contributed by atoms with Crippen molar-refractivity contribution in [3.8, 4) is 0 Å². The predicted octanol–water partition coefficient (Wildman–Crippen LogP) is -0.510. The molecule has 0 aromatic carbocycles. The van der Waals surface area contributed by atoms with Crippen LogP contribution in [0, 0.1) is 0 Å². The van der Waals surface area contributed by atoms with Crippen molar-refractivity contribution in [3.05, 3.63) is 40.5 Å². The SMILES string of the molecule is NCC(=O)NCCSCc1ncccc1SC1=C(C(=O)O)N2C(=O)C(NC(=O)/C(=N\O)c3nsc(N)n3)C2SC1. The van der Waals surface area contributed by atoms with E-state index in [-0.39, 0.29) is 34.9 Å². The predicted molar refractivity (Wildman–Crippen MR) is 151 cm³/mol. The second-order valence-electron chi connectivity index (χ2n) is 8.00. The number of aliphatic carboxylic acids is 1. The van der Waals surface area contributed by atoms with Crippen molar-refractivity contribution in [1.29, 1.82) is 0 Å². The number of nitrogens with two attached hydrogens (primary N) is 2. The molecule has 2 aromatic heterocycles. The molecule has 0 spiro atoms. The minimum absolute atomic E-state index is 0.0605. The first-order valence-electron chi connectivity index (χ1n) is 11.4. The number of carbonyl (C=O) groups is 4. The lowest BCUT2D eigenvalue weighted by Gasteiger charge is -2.49. The first-order valence-corrected chi connectivity index (χ1v) is 15.2. The molecule has 40 heavy (non-hydrogen) atoms. The molecule has 0 aliphatic carbocycles. The summed E-state index contributed by atoms with van der Waals surface area (Å²) in [4.78, 5) is 59.8. The van der Waals surface area contributed by atoms with Crippen LogP contribution < -0.4 is 22.1 Å². The average Bonchev–Trinajstić information content (AvgIpc) is 3.37. The van der Waals surface area contributed by atoms with E-state index in [0.717, 1.165) is 27.0 Å². The Bertz CT molecular complexity index is 1380. The normalized spacial score (nSPS) is 18.7. The third-order valence-electron chi connectivity index (χ3n) is 5.47. The van der Waals surface area contributed by atoms with Crippen LogP contribution in [0.5, 0.6) is 0 Å². The smallest absolute Gasteiger partial charge is 0.353 e. The molecule has 0 bridgehead atoms. The van der Waals surface area contributed by atoms with E-state index in [1.54, 1.807) is 24.0 Å². The van der Waals surface area contributed by atoms with Crippen molar-refractivity contribution in [3.63, 3.8) is 0 Å². The van der Waals surface area contributed by atoms with E-state index in [2.05, 4.69) is 30.1 Å². The van der Waals surface area contributed by atoms with Gasteiger partial charge >= 0.3 is 5.97 Å². The van der Waals surface area contributed by atoms with Crippen LogP contribution in [0.2, 0.25) is 0 Å². The van der Waals surface area contributed by atoms with E-state index in [0.29, 0.717) is 23.0 Å². The zero-order valence-electron chi connectivity index (χ0n) is 20.5. The number of fused-ring (bicyclic) bond motifs is 1. The quantitative estimate of drug-likeness (QED) is 0.0573. The van der Waals surface area contributed by atoms with E-state index < -0.39 is 34.9 Å². The molecule has 3 amide bonds. The average molecular weight is 626 g/mol. The van der Waals surface area contributed by atoms with Crippen LogP contribution in [-0.2, 0) is 24.9 Å². The number of carbonyl (C=O) groups excluding carboxylic acids is 3. The van der Waals surface area contributed by atoms with Crippen LogP contribution >= 0.6 is 46.8 Å². The number of carboxylic acids is 1. The number of aromatic nitrogens is 3. The number of anilines is 1. The van der Waals surface area contributed by atoms with Gasteiger partial charge in [-0.3, -0.25) is 24.3 Å². The lowest BCUT2D eigenvalue weighted by atomic mass is 10.0. The van der Waals surface area contributed by atoms with E-state index in [4.69, 9.17) is 11.5 Å². The summed E-state index contributed by atoms with van der Waals surface area (Å²) in [6, 6.07) is 2.52. The van der Waals surface area contributed by atoms with E-state index in [1.807, 2.05) is 6.07 Å². The highest BCUT2D eigenvalue weighted by molar-refractivity contribution is 8.06. The van der Waals surface area contributed by atoms with Gasteiger partial charge in [0.15, 0.2) is 5.13 Å².